The molecular formula is C34H57NO7. The Morgan fingerprint density at radius 1 is 1.05 bits per heavy atom. The zero-order valence-corrected chi connectivity index (χ0v) is 26.5. The highest BCUT2D eigenvalue weighted by molar-refractivity contribution is 5.60. The van der Waals surface area contributed by atoms with Gasteiger partial charge in [-0.25, -0.2) is 4.79 Å². The number of ether oxygens (including phenoxy) is 3. The minimum Gasteiger partial charge on any atom is -0.431 e. The third kappa shape index (κ3) is 6.04. The molecule has 8 heteroatoms. The summed E-state index contributed by atoms with van der Waals surface area (Å²) < 4.78 is 16.2. The Hall–Kier alpha value is -1.19. The van der Waals surface area contributed by atoms with E-state index < -0.39 is 36.8 Å². The fraction of sp³-hybridized carbons (Fsp3) is 0.912. The van der Waals surface area contributed by atoms with Gasteiger partial charge in [-0.15, -0.1) is 0 Å². The van der Waals surface area contributed by atoms with E-state index in [1.165, 1.54) is 50.5 Å². The summed E-state index contributed by atoms with van der Waals surface area (Å²) in [4.78, 5) is 12.6. The zero-order chi connectivity index (χ0) is 30.4. The Balaban J connectivity index is 1.16. The van der Waals surface area contributed by atoms with Crippen LogP contribution in [0.4, 0.5) is 4.79 Å². The first-order valence-electron chi connectivity index (χ1n) is 16.8. The van der Waals surface area contributed by atoms with Crippen molar-refractivity contribution in [3.05, 3.63) is 11.6 Å². The first kappa shape index (κ1) is 32.2. The average molecular weight is 592 g/mol. The van der Waals surface area contributed by atoms with Crippen LogP contribution < -0.4 is 5.73 Å². The topological polar surface area (TPSA) is 131 Å². The Morgan fingerprint density at radius 2 is 1.81 bits per heavy atom. The van der Waals surface area contributed by atoms with Gasteiger partial charge in [-0.05, 0) is 91.3 Å². The van der Waals surface area contributed by atoms with Crippen LogP contribution in [0.3, 0.4) is 0 Å². The number of hydrogen-bond donors (Lipinski definition) is 4. The minimum absolute atomic E-state index is 0.167. The summed E-state index contributed by atoms with van der Waals surface area (Å²) in [5, 5.41) is 30.0. The molecule has 42 heavy (non-hydrogen) atoms. The zero-order valence-electron chi connectivity index (χ0n) is 26.5. The Labute approximate surface area is 252 Å². The molecule has 8 nitrogen and oxygen atoms in total. The Morgan fingerprint density at radius 3 is 2.55 bits per heavy atom. The number of aliphatic hydroxyl groups is 3. The molecule has 4 aliphatic carbocycles. The van der Waals surface area contributed by atoms with Gasteiger partial charge in [0.2, 0.25) is 0 Å². The molecule has 1 aliphatic heterocycles. The van der Waals surface area contributed by atoms with Crippen molar-refractivity contribution < 1.29 is 34.3 Å². The molecule has 5 unspecified atom stereocenters. The molecule has 0 aromatic carbocycles. The van der Waals surface area contributed by atoms with E-state index in [-0.39, 0.29) is 18.1 Å². The first-order valence-corrected chi connectivity index (χ1v) is 16.8. The van der Waals surface area contributed by atoms with Crippen LogP contribution >= 0.6 is 0 Å². The molecule has 0 spiro atoms. The summed E-state index contributed by atoms with van der Waals surface area (Å²) in [6, 6.07) is -1.13. The molecular weight excluding hydrogens is 534 g/mol. The van der Waals surface area contributed by atoms with Gasteiger partial charge >= 0.3 is 6.16 Å². The number of nitrogens with two attached hydrogens (primary N) is 1. The van der Waals surface area contributed by atoms with Gasteiger partial charge in [0.05, 0.1) is 6.04 Å². The van der Waals surface area contributed by atoms with E-state index >= 15 is 0 Å². The van der Waals surface area contributed by atoms with Gasteiger partial charge in [0, 0.05) is 6.42 Å². The maximum atomic E-state index is 12.6. The molecule has 0 aromatic rings. The van der Waals surface area contributed by atoms with E-state index in [4.69, 9.17) is 19.9 Å². The SMILES string of the molecule is CC(C)CCC[C@H](C)[C@@H]1CC[C@@H]2[C@H]3CC=C4C[C@H](OC(=O)OCC5OC(O)C(N)C(O)C5O)CC[C@@]4(C)[C@@H]3CC[C@]21C. The Kier molecular flexibility index (Phi) is 9.71. The van der Waals surface area contributed by atoms with E-state index in [1.807, 2.05) is 0 Å². The van der Waals surface area contributed by atoms with E-state index in [9.17, 15) is 20.1 Å². The van der Waals surface area contributed by atoms with Gasteiger partial charge in [-0.3, -0.25) is 0 Å². The number of allylic oxidation sites excluding steroid dienone is 1. The third-order valence-electron chi connectivity index (χ3n) is 12.7. The lowest BCUT2D eigenvalue weighted by atomic mass is 9.47. The van der Waals surface area contributed by atoms with Gasteiger partial charge < -0.3 is 35.3 Å². The van der Waals surface area contributed by atoms with Gasteiger partial charge in [-0.2, -0.15) is 0 Å². The van der Waals surface area contributed by atoms with Gasteiger partial charge in [-0.1, -0.05) is 65.5 Å². The number of carbonyl (C=O) groups excluding carboxylic acids is 1. The minimum atomic E-state index is -1.45. The molecule has 13 atom stereocenters. The van der Waals surface area contributed by atoms with Crippen molar-refractivity contribution in [1.82, 2.24) is 0 Å². The van der Waals surface area contributed by atoms with Crippen molar-refractivity contribution in [2.24, 2.45) is 52.1 Å². The van der Waals surface area contributed by atoms with E-state index in [2.05, 4.69) is 40.7 Å². The van der Waals surface area contributed by atoms with Crippen LogP contribution in [0.15, 0.2) is 11.6 Å². The summed E-state index contributed by atoms with van der Waals surface area (Å²) in [6.45, 7) is 12.0. The molecule has 5 aliphatic rings. The quantitative estimate of drug-likeness (QED) is 0.220. The lowest BCUT2D eigenvalue weighted by Gasteiger charge is -2.58. The van der Waals surface area contributed by atoms with Crippen molar-refractivity contribution in [2.45, 2.75) is 142 Å². The number of carbonyl (C=O) groups is 1. The van der Waals surface area contributed by atoms with E-state index in [1.54, 1.807) is 0 Å². The van der Waals surface area contributed by atoms with Gasteiger partial charge in [0.15, 0.2) is 6.29 Å². The van der Waals surface area contributed by atoms with Crippen LogP contribution in [-0.2, 0) is 14.2 Å². The third-order valence-corrected chi connectivity index (χ3v) is 12.7. The van der Waals surface area contributed by atoms with Gasteiger partial charge in [0.25, 0.3) is 0 Å². The smallest absolute Gasteiger partial charge is 0.431 e. The summed E-state index contributed by atoms with van der Waals surface area (Å²) in [6.07, 6.45) is 9.36. The number of rotatable bonds is 8. The molecule has 5 N–H and O–H groups in total. The standard InChI is InChI=1S/C34H57NO7/c1-19(2)7-6-8-20(3)24-11-12-25-23-10-9-21-17-22(13-15-33(21,4)26(23)14-16-34(24,25)5)41-32(39)40-18-27-29(36)30(37)28(35)31(38)42-27/h9,19-20,22-31,36-38H,6-8,10-18,35H2,1-5H3/t20-,22+,23+,24-,25+,26+,27?,28?,29?,30?,31?,33+,34-/m0/s1. The van der Waals surface area contributed by atoms with Crippen LogP contribution in [0.2, 0.25) is 0 Å². The van der Waals surface area contributed by atoms with Crippen molar-refractivity contribution in [3.63, 3.8) is 0 Å². The van der Waals surface area contributed by atoms with Crippen LogP contribution in [0.25, 0.3) is 0 Å². The predicted octanol–water partition coefficient (Wildman–Crippen LogP) is 5.32. The summed E-state index contributed by atoms with van der Waals surface area (Å²) in [5.74, 6) is 4.74. The molecule has 0 bridgehead atoms. The second-order valence-electron chi connectivity index (χ2n) is 15.5. The molecule has 1 heterocycles. The lowest BCUT2D eigenvalue weighted by Crippen LogP contribution is -2.62. The summed E-state index contributed by atoms with van der Waals surface area (Å²) in [5.41, 5.74) is 7.69. The molecule has 0 aromatic heterocycles. The average Bonchev–Trinajstić information content (AvgIpc) is 3.30. The number of hydrogen-bond acceptors (Lipinski definition) is 8. The maximum absolute atomic E-state index is 12.6. The highest BCUT2D eigenvalue weighted by atomic mass is 16.7. The molecule has 4 fully saturated rings. The predicted molar refractivity (Wildman–Crippen MR) is 160 cm³/mol. The van der Waals surface area contributed by atoms with Gasteiger partial charge in [0.1, 0.15) is 31.0 Å². The second-order valence-corrected chi connectivity index (χ2v) is 15.5. The largest absolute Gasteiger partial charge is 0.508 e. The van der Waals surface area contributed by atoms with E-state index in [0.29, 0.717) is 11.3 Å². The van der Waals surface area contributed by atoms with Crippen LogP contribution in [0.5, 0.6) is 0 Å². The van der Waals surface area contributed by atoms with Crippen molar-refractivity contribution in [3.8, 4) is 0 Å². The number of fused-ring (bicyclic) bond motifs is 5. The molecule has 3 saturated carbocycles. The van der Waals surface area contributed by atoms with Crippen LogP contribution in [0.1, 0.15) is 105 Å². The fourth-order valence-corrected chi connectivity index (χ4v) is 10.2. The monoisotopic (exact) mass is 591 g/mol. The van der Waals surface area contributed by atoms with Crippen molar-refractivity contribution in [2.75, 3.05) is 6.61 Å². The molecule has 1 saturated heterocycles. The van der Waals surface area contributed by atoms with Crippen molar-refractivity contribution in [1.29, 1.82) is 0 Å². The normalized spacial score (nSPS) is 45.8. The molecule has 5 rings (SSSR count). The van der Waals surface area contributed by atoms with Crippen LogP contribution in [-0.4, -0.2) is 64.8 Å². The summed E-state index contributed by atoms with van der Waals surface area (Å²) in [7, 11) is 0. The highest BCUT2D eigenvalue weighted by Gasteiger charge is 2.59. The highest BCUT2D eigenvalue weighted by Crippen LogP contribution is 2.67. The van der Waals surface area contributed by atoms with E-state index in [0.717, 1.165) is 55.3 Å². The fourth-order valence-electron chi connectivity index (χ4n) is 10.2. The van der Waals surface area contributed by atoms with Crippen LogP contribution in [0, 0.1) is 46.3 Å². The first-order chi connectivity index (χ1) is 19.8. The summed E-state index contributed by atoms with van der Waals surface area (Å²) >= 11 is 0. The second kappa shape index (κ2) is 12.7. The Bertz CT molecular complexity index is 987. The lowest BCUT2D eigenvalue weighted by molar-refractivity contribution is -0.249. The molecule has 240 valence electrons. The van der Waals surface area contributed by atoms with Crippen molar-refractivity contribution >= 4 is 6.16 Å². The number of aliphatic hydroxyl groups excluding tert-OH is 3. The molecule has 0 amide bonds. The maximum Gasteiger partial charge on any atom is 0.508 e. The molecule has 0 radical (unpaired) electrons.